The maximum absolute atomic E-state index is 14.0. The highest BCUT2D eigenvalue weighted by atomic mass is 19.1. The van der Waals surface area contributed by atoms with E-state index >= 15 is 0 Å². The highest BCUT2D eigenvalue weighted by Gasteiger charge is 2.53. The van der Waals surface area contributed by atoms with Gasteiger partial charge in [-0.25, -0.2) is 8.78 Å². The normalized spacial score (nSPS) is 27.4. The van der Waals surface area contributed by atoms with Crippen LogP contribution < -0.4 is 10.6 Å². The summed E-state index contributed by atoms with van der Waals surface area (Å²) in [5.41, 5.74) is 4.07. The first-order valence-corrected chi connectivity index (χ1v) is 11.3. The Bertz CT molecular complexity index is 1200. The summed E-state index contributed by atoms with van der Waals surface area (Å²) < 4.78 is 27.2. The summed E-state index contributed by atoms with van der Waals surface area (Å²) in [7, 11) is 0. The number of carbonyl (C=O) groups is 1. The van der Waals surface area contributed by atoms with Gasteiger partial charge in [-0.2, -0.15) is 0 Å². The molecule has 0 radical (unpaired) electrons. The number of rotatable bonds is 3. The van der Waals surface area contributed by atoms with Gasteiger partial charge in [0.2, 0.25) is 0 Å². The SMILES string of the molecule is O=C(Nc1ccc(F)cc1F)c1ccc2c(c1)[C@@H]1[C@H]3CC[C@@H](C3)[C@H]1[C@@H](c1ccccc1)N2. The predicted octanol–water partition coefficient (Wildman–Crippen LogP) is 6.51. The smallest absolute Gasteiger partial charge is 0.255 e. The van der Waals surface area contributed by atoms with E-state index in [0.29, 0.717) is 29.2 Å². The standard InChI is InChI=1S/C27H24F2N2O/c28-19-9-11-23(21(29)14-19)31-27(32)18-8-10-22-20(13-18)24-16-6-7-17(12-16)25(24)26(30-22)15-4-2-1-3-5-15/h1-5,8-11,13-14,16-17,24-26,30H,6-7,12H2,(H,31,32)/t16-,17-,24-,25+,26+/m0/s1. The van der Waals surface area contributed by atoms with Gasteiger partial charge in [-0.3, -0.25) is 4.79 Å². The second kappa shape index (κ2) is 7.44. The lowest BCUT2D eigenvalue weighted by Gasteiger charge is -2.43. The number of hydrogen-bond acceptors (Lipinski definition) is 2. The number of hydrogen-bond donors (Lipinski definition) is 2. The molecule has 5 heteroatoms. The van der Waals surface area contributed by atoms with Crippen molar-refractivity contribution in [2.75, 3.05) is 10.6 Å². The van der Waals surface area contributed by atoms with Gasteiger partial charge >= 0.3 is 0 Å². The van der Waals surface area contributed by atoms with Crippen LogP contribution in [0.2, 0.25) is 0 Å². The van der Waals surface area contributed by atoms with Crippen LogP contribution in [-0.2, 0) is 0 Å². The monoisotopic (exact) mass is 430 g/mol. The van der Waals surface area contributed by atoms with E-state index in [0.717, 1.165) is 17.8 Å². The summed E-state index contributed by atoms with van der Waals surface area (Å²) in [6.45, 7) is 0. The van der Waals surface area contributed by atoms with Crippen LogP contribution in [0.4, 0.5) is 20.2 Å². The molecule has 0 saturated heterocycles. The molecule has 3 aromatic carbocycles. The van der Waals surface area contributed by atoms with E-state index in [9.17, 15) is 13.6 Å². The topological polar surface area (TPSA) is 41.1 Å². The van der Waals surface area contributed by atoms with Crippen molar-refractivity contribution < 1.29 is 13.6 Å². The van der Waals surface area contributed by atoms with Crippen LogP contribution in [0.5, 0.6) is 0 Å². The van der Waals surface area contributed by atoms with Crippen LogP contribution in [0.15, 0.2) is 66.7 Å². The zero-order valence-corrected chi connectivity index (χ0v) is 17.5. The third-order valence-electron chi connectivity index (χ3n) is 7.69. The van der Waals surface area contributed by atoms with E-state index in [2.05, 4.69) is 34.9 Å². The van der Waals surface area contributed by atoms with Crippen molar-refractivity contribution in [3.63, 3.8) is 0 Å². The van der Waals surface area contributed by atoms with Gasteiger partial charge in [-0.15, -0.1) is 0 Å². The van der Waals surface area contributed by atoms with Crippen molar-refractivity contribution in [3.8, 4) is 0 Å². The minimum atomic E-state index is -0.781. The van der Waals surface area contributed by atoms with Crippen molar-refractivity contribution in [3.05, 3.63) is 95.1 Å². The number of carbonyl (C=O) groups excluding carboxylic acids is 1. The molecule has 3 nitrogen and oxygen atoms in total. The van der Waals surface area contributed by atoms with Gasteiger partial charge in [0.25, 0.3) is 5.91 Å². The van der Waals surface area contributed by atoms with Gasteiger partial charge < -0.3 is 10.6 Å². The first-order valence-electron chi connectivity index (χ1n) is 11.3. The summed E-state index contributed by atoms with van der Waals surface area (Å²) in [4.78, 5) is 12.9. The average molecular weight is 430 g/mol. The Labute approximate surface area is 185 Å². The molecule has 3 aliphatic rings. The maximum Gasteiger partial charge on any atom is 0.255 e. The molecule has 1 heterocycles. The molecule has 6 rings (SSSR count). The minimum absolute atomic E-state index is 0.0193. The molecule has 0 spiro atoms. The first-order chi connectivity index (χ1) is 15.6. The third kappa shape index (κ3) is 3.10. The summed E-state index contributed by atoms with van der Waals surface area (Å²) in [6.07, 6.45) is 3.76. The van der Waals surface area contributed by atoms with Gasteiger partial charge in [0, 0.05) is 17.3 Å². The molecule has 3 aromatic rings. The summed E-state index contributed by atoms with van der Waals surface area (Å²) >= 11 is 0. The zero-order valence-electron chi connectivity index (χ0n) is 17.5. The van der Waals surface area contributed by atoms with Crippen molar-refractivity contribution in [1.82, 2.24) is 0 Å². The van der Waals surface area contributed by atoms with Gasteiger partial charge in [0.05, 0.1) is 11.7 Å². The fourth-order valence-electron chi connectivity index (χ4n) is 6.40. The molecular formula is C27H24F2N2O. The lowest BCUT2D eigenvalue weighted by atomic mass is 9.68. The van der Waals surface area contributed by atoms with Crippen molar-refractivity contribution >= 4 is 17.3 Å². The minimum Gasteiger partial charge on any atom is -0.378 e. The molecule has 162 valence electrons. The van der Waals surface area contributed by atoms with Crippen LogP contribution in [0.3, 0.4) is 0 Å². The molecule has 0 aromatic heterocycles. The highest BCUT2D eigenvalue weighted by Crippen LogP contribution is 2.63. The maximum atomic E-state index is 14.0. The molecule has 1 amide bonds. The molecule has 2 bridgehead atoms. The molecule has 1 aliphatic heterocycles. The molecule has 0 unspecified atom stereocenters. The molecule has 5 atom stereocenters. The van der Waals surface area contributed by atoms with E-state index < -0.39 is 11.6 Å². The Hall–Kier alpha value is -3.21. The predicted molar refractivity (Wildman–Crippen MR) is 121 cm³/mol. The molecule has 2 N–H and O–H groups in total. The summed E-state index contributed by atoms with van der Waals surface area (Å²) in [5.74, 6) is 0.435. The van der Waals surface area contributed by atoms with Gasteiger partial charge in [-0.05, 0) is 84.4 Å². The van der Waals surface area contributed by atoms with Crippen molar-refractivity contribution in [2.45, 2.75) is 31.2 Å². The largest absolute Gasteiger partial charge is 0.378 e. The number of fused-ring (bicyclic) bond motifs is 7. The Morgan fingerprint density at radius 2 is 1.75 bits per heavy atom. The zero-order chi connectivity index (χ0) is 21.8. The van der Waals surface area contributed by atoms with Gasteiger partial charge in [0.1, 0.15) is 11.6 Å². The van der Waals surface area contributed by atoms with E-state index in [1.807, 2.05) is 18.2 Å². The van der Waals surface area contributed by atoms with Gasteiger partial charge in [0.15, 0.2) is 0 Å². The fourth-order valence-corrected chi connectivity index (χ4v) is 6.40. The number of amides is 1. The Kier molecular flexibility index (Phi) is 4.53. The lowest BCUT2D eigenvalue weighted by molar-refractivity contribution is 0.102. The first kappa shape index (κ1) is 19.5. The molecular weight excluding hydrogens is 406 g/mol. The van der Waals surface area contributed by atoms with Crippen LogP contribution in [0.1, 0.15) is 52.7 Å². The number of benzene rings is 3. The molecule has 32 heavy (non-hydrogen) atoms. The van der Waals surface area contributed by atoms with Crippen LogP contribution in [-0.4, -0.2) is 5.91 Å². The van der Waals surface area contributed by atoms with Crippen LogP contribution >= 0.6 is 0 Å². The van der Waals surface area contributed by atoms with Gasteiger partial charge in [-0.1, -0.05) is 30.3 Å². The Morgan fingerprint density at radius 1 is 0.938 bits per heavy atom. The van der Waals surface area contributed by atoms with Crippen molar-refractivity contribution in [1.29, 1.82) is 0 Å². The van der Waals surface area contributed by atoms with E-state index in [1.54, 1.807) is 6.07 Å². The molecule has 2 saturated carbocycles. The van der Waals surface area contributed by atoms with E-state index in [-0.39, 0.29) is 17.6 Å². The van der Waals surface area contributed by atoms with E-state index in [4.69, 9.17) is 0 Å². The van der Waals surface area contributed by atoms with Crippen molar-refractivity contribution in [2.24, 2.45) is 17.8 Å². The lowest BCUT2D eigenvalue weighted by Crippen LogP contribution is -2.35. The third-order valence-corrected chi connectivity index (χ3v) is 7.69. The second-order valence-corrected chi connectivity index (χ2v) is 9.35. The Morgan fingerprint density at radius 3 is 2.56 bits per heavy atom. The Balaban J connectivity index is 1.34. The highest BCUT2D eigenvalue weighted by molar-refractivity contribution is 6.04. The number of anilines is 2. The molecule has 2 aliphatic carbocycles. The summed E-state index contributed by atoms with van der Waals surface area (Å²) in [6, 6.07) is 19.8. The summed E-state index contributed by atoms with van der Waals surface area (Å²) in [5, 5.41) is 6.36. The van der Waals surface area contributed by atoms with E-state index in [1.165, 1.54) is 36.5 Å². The number of nitrogens with one attached hydrogen (secondary N) is 2. The number of halogens is 2. The fraction of sp³-hybridized carbons (Fsp3) is 0.296. The van der Waals surface area contributed by atoms with Crippen LogP contribution in [0, 0.1) is 29.4 Å². The van der Waals surface area contributed by atoms with Crippen LogP contribution in [0.25, 0.3) is 0 Å². The molecule has 2 fully saturated rings. The quantitative estimate of drug-likeness (QED) is 0.497. The second-order valence-electron chi connectivity index (χ2n) is 9.35. The average Bonchev–Trinajstić information content (AvgIpc) is 3.43.